The molecule has 1 aliphatic rings. The quantitative estimate of drug-likeness (QED) is 0.673. The molecule has 0 aliphatic carbocycles. The lowest BCUT2D eigenvalue weighted by Crippen LogP contribution is -2.36. The third-order valence-electron chi connectivity index (χ3n) is 4.03. The topological polar surface area (TPSA) is 105 Å². The van der Waals surface area contributed by atoms with Crippen LogP contribution in [0, 0.1) is 0 Å². The van der Waals surface area contributed by atoms with Crippen LogP contribution >= 0.6 is 11.6 Å². The van der Waals surface area contributed by atoms with Crippen LogP contribution in [-0.4, -0.2) is 47.4 Å². The molecule has 1 aliphatic heterocycles. The van der Waals surface area contributed by atoms with Crippen molar-refractivity contribution < 1.29 is 13.9 Å². The second-order valence-electron chi connectivity index (χ2n) is 5.99. The molecule has 4 rings (SSSR count). The van der Waals surface area contributed by atoms with Crippen LogP contribution in [0.5, 0.6) is 0 Å². The average Bonchev–Trinajstić information content (AvgIpc) is 3.18. The van der Waals surface area contributed by atoms with E-state index in [-0.39, 0.29) is 11.9 Å². The molecule has 0 atom stereocenters. The molecule has 0 radical (unpaired) electrons. The van der Waals surface area contributed by atoms with Crippen molar-refractivity contribution in [3.05, 3.63) is 53.5 Å². The normalized spacial score (nSPS) is 14.0. The first-order valence-corrected chi connectivity index (χ1v) is 9.02. The van der Waals surface area contributed by atoms with Gasteiger partial charge in [-0.1, -0.05) is 34.9 Å². The van der Waals surface area contributed by atoms with Crippen LogP contribution in [0.2, 0.25) is 5.02 Å². The summed E-state index contributed by atoms with van der Waals surface area (Å²) in [7, 11) is 0. The summed E-state index contributed by atoms with van der Waals surface area (Å²) < 4.78 is 10.7. The summed E-state index contributed by atoms with van der Waals surface area (Å²) in [6.07, 6.45) is 1.54. The number of carbonyl (C=O) groups excluding carboxylic acids is 1. The van der Waals surface area contributed by atoms with E-state index in [9.17, 15) is 4.79 Å². The van der Waals surface area contributed by atoms with Crippen molar-refractivity contribution in [2.45, 2.75) is 0 Å². The van der Waals surface area contributed by atoms with Crippen molar-refractivity contribution in [1.29, 1.82) is 0 Å². The highest BCUT2D eigenvalue weighted by Gasteiger charge is 2.18. The number of hydrogen-bond donors (Lipinski definition) is 2. The minimum atomic E-state index is -0.550. The number of nitrogens with one attached hydrogen (secondary N) is 2. The molecule has 2 aromatic heterocycles. The van der Waals surface area contributed by atoms with Crippen LogP contribution in [0.1, 0.15) is 10.7 Å². The fourth-order valence-electron chi connectivity index (χ4n) is 2.70. The molecule has 1 aromatic carbocycles. The van der Waals surface area contributed by atoms with E-state index >= 15 is 0 Å². The van der Waals surface area contributed by atoms with Gasteiger partial charge in [0.15, 0.2) is 0 Å². The van der Waals surface area contributed by atoms with Gasteiger partial charge in [-0.15, -0.1) is 5.10 Å². The maximum atomic E-state index is 12.3. The molecule has 1 fully saturated rings. The smallest absolute Gasteiger partial charge is 0.320 e. The first-order valence-electron chi connectivity index (χ1n) is 8.64. The SMILES string of the molecule is O=C(Nc1cnc(N2CCOCC2)c(Cl)c1)c1nnc(Nc2ccccc2)o1. The Bertz CT molecular complexity index is 959. The Hall–Kier alpha value is -3.17. The fraction of sp³-hybridized carbons (Fsp3) is 0.222. The summed E-state index contributed by atoms with van der Waals surface area (Å²) in [5.41, 5.74) is 1.20. The zero-order valence-electron chi connectivity index (χ0n) is 14.8. The summed E-state index contributed by atoms with van der Waals surface area (Å²) >= 11 is 6.33. The number of nitrogens with zero attached hydrogens (tertiary/aromatic N) is 4. The number of morpholine rings is 1. The van der Waals surface area contributed by atoms with Gasteiger partial charge < -0.3 is 24.7 Å². The lowest BCUT2D eigenvalue weighted by Gasteiger charge is -2.28. The van der Waals surface area contributed by atoms with Crippen LogP contribution in [0.4, 0.5) is 23.2 Å². The third kappa shape index (κ3) is 4.21. The number of para-hydroxylation sites is 1. The van der Waals surface area contributed by atoms with Gasteiger partial charge in [0.05, 0.1) is 30.1 Å². The van der Waals surface area contributed by atoms with E-state index in [1.807, 2.05) is 35.2 Å². The minimum absolute atomic E-state index is 0.121. The second-order valence-corrected chi connectivity index (χ2v) is 6.39. The van der Waals surface area contributed by atoms with Crippen LogP contribution in [0.15, 0.2) is 47.0 Å². The summed E-state index contributed by atoms with van der Waals surface area (Å²) in [5, 5.41) is 13.6. The van der Waals surface area contributed by atoms with E-state index in [0.717, 1.165) is 18.8 Å². The highest BCUT2D eigenvalue weighted by atomic mass is 35.5. The molecule has 10 heteroatoms. The van der Waals surface area contributed by atoms with Crippen molar-refractivity contribution in [2.24, 2.45) is 0 Å². The van der Waals surface area contributed by atoms with Gasteiger partial charge in [-0.2, -0.15) is 0 Å². The van der Waals surface area contributed by atoms with E-state index < -0.39 is 5.91 Å². The van der Waals surface area contributed by atoms with Gasteiger partial charge in [0.1, 0.15) is 5.82 Å². The molecule has 3 aromatic rings. The number of anilines is 4. The van der Waals surface area contributed by atoms with E-state index in [1.54, 1.807) is 6.07 Å². The van der Waals surface area contributed by atoms with Gasteiger partial charge >= 0.3 is 17.8 Å². The predicted octanol–water partition coefficient (Wildman–Crippen LogP) is 2.95. The molecular weight excluding hydrogens is 384 g/mol. The lowest BCUT2D eigenvalue weighted by molar-refractivity contribution is 0.0991. The molecule has 1 saturated heterocycles. The number of ether oxygens (including phenoxy) is 1. The zero-order chi connectivity index (χ0) is 19.3. The Morgan fingerprint density at radius 2 is 1.89 bits per heavy atom. The minimum Gasteiger partial charge on any atom is -0.399 e. The number of halogens is 1. The van der Waals surface area contributed by atoms with Crippen molar-refractivity contribution in [2.75, 3.05) is 41.8 Å². The Morgan fingerprint density at radius 3 is 2.64 bits per heavy atom. The highest BCUT2D eigenvalue weighted by molar-refractivity contribution is 6.33. The molecule has 0 saturated carbocycles. The van der Waals surface area contributed by atoms with E-state index in [4.69, 9.17) is 20.8 Å². The van der Waals surface area contributed by atoms with Crippen molar-refractivity contribution in [3.8, 4) is 0 Å². The highest BCUT2D eigenvalue weighted by Crippen LogP contribution is 2.27. The molecular formula is C18H17ClN6O3. The Balaban J connectivity index is 1.41. The lowest BCUT2D eigenvalue weighted by atomic mass is 10.3. The maximum absolute atomic E-state index is 12.3. The molecule has 0 unspecified atom stereocenters. The van der Waals surface area contributed by atoms with Crippen LogP contribution in [0.3, 0.4) is 0 Å². The van der Waals surface area contributed by atoms with E-state index in [0.29, 0.717) is 29.7 Å². The summed E-state index contributed by atoms with van der Waals surface area (Å²) in [6.45, 7) is 2.70. The van der Waals surface area contributed by atoms with Crippen molar-refractivity contribution in [1.82, 2.24) is 15.2 Å². The number of carbonyl (C=O) groups is 1. The Labute approximate surface area is 165 Å². The van der Waals surface area contributed by atoms with Gasteiger partial charge in [0.25, 0.3) is 0 Å². The molecule has 3 heterocycles. The standard InChI is InChI=1S/C18H17ClN6O3/c19-14-10-13(11-20-15(14)25-6-8-27-9-7-25)21-16(26)17-23-24-18(28-17)22-12-4-2-1-3-5-12/h1-5,10-11H,6-9H2,(H,21,26)(H,22,24). The third-order valence-corrected chi connectivity index (χ3v) is 4.31. The van der Waals surface area contributed by atoms with Gasteiger partial charge in [-0.05, 0) is 18.2 Å². The number of amides is 1. The van der Waals surface area contributed by atoms with Gasteiger partial charge in [0, 0.05) is 18.8 Å². The van der Waals surface area contributed by atoms with Crippen LogP contribution < -0.4 is 15.5 Å². The van der Waals surface area contributed by atoms with Gasteiger partial charge in [-0.3, -0.25) is 4.79 Å². The van der Waals surface area contributed by atoms with E-state index in [1.165, 1.54) is 6.20 Å². The van der Waals surface area contributed by atoms with Gasteiger partial charge in [0.2, 0.25) is 0 Å². The fourth-order valence-corrected chi connectivity index (χ4v) is 2.99. The molecule has 144 valence electrons. The molecule has 0 bridgehead atoms. The number of rotatable bonds is 5. The summed E-state index contributed by atoms with van der Waals surface area (Å²) in [4.78, 5) is 18.7. The Morgan fingerprint density at radius 1 is 1.11 bits per heavy atom. The molecule has 0 spiro atoms. The second kappa shape index (κ2) is 8.24. The maximum Gasteiger partial charge on any atom is 0.320 e. The molecule has 9 nitrogen and oxygen atoms in total. The number of hydrogen-bond acceptors (Lipinski definition) is 8. The number of pyridine rings is 1. The monoisotopic (exact) mass is 400 g/mol. The first kappa shape index (κ1) is 18.2. The number of aromatic nitrogens is 3. The van der Waals surface area contributed by atoms with E-state index in [2.05, 4.69) is 25.8 Å². The zero-order valence-corrected chi connectivity index (χ0v) is 15.5. The first-order chi connectivity index (χ1) is 13.7. The summed E-state index contributed by atoms with van der Waals surface area (Å²) in [5.74, 6) is -0.0625. The Kier molecular flexibility index (Phi) is 5.36. The molecule has 2 N–H and O–H groups in total. The summed E-state index contributed by atoms with van der Waals surface area (Å²) in [6, 6.07) is 11.1. The van der Waals surface area contributed by atoms with Gasteiger partial charge in [-0.25, -0.2) is 4.98 Å². The number of benzene rings is 1. The van der Waals surface area contributed by atoms with Crippen LogP contribution in [-0.2, 0) is 4.74 Å². The van der Waals surface area contributed by atoms with Crippen LogP contribution in [0.25, 0.3) is 0 Å². The van der Waals surface area contributed by atoms with Crippen molar-refractivity contribution >= 4 is 40.7 Å². The molecule has 28 heavy (non-hydrogen) atoms. The van der Waals surface area contributed by atoms with Crippen molar-refractivity contribution in [3.63, 3.8) is 0 Å². The average molecular weight is 401 g/mol. The predicted molar refractivity (Wildman–Crippen MR) is 104 cm³/mol. The largest absolute Gasteiger partial charge is 0.399 e. The molecule has 1 amide bonds.